The van der Waals surface area contributed by atoms with Gasteiger partial charge in [-0.1, -0.05) is 66.7 Å². The molecule has 0 atom stereocenters. The first-order valence-corrected chi connectivity index (χ1v) is 13.0. The average Bonchev–Trinajstić information content (AvgIpc) is 3.42. The molecule has 2 aromatic heterocycles. The highest BCUT2D eigenvalue weighted by Gasteiger charge is 2.15. The average molecular weight is 526 g/mol. The highest BCUT2D eigenvalue weighted by molar-refractivity contribution is 6.06. The van der Waals surface area contributed by atoms with E-state index in [0.717, 1.165) is 38.6 Å². The van der Waals surface area contributed by atoms with Gasteiger partial charge < -0.3 is 4.42 Å². The maximum atomic E-state index is 9.93. The van der Waals surface area contributed by atoms with Crippen molar-refractivity contribution in [2.24, 2.45) is 0 Å². The number of hydrogen-bond donors (Lipinski definition) is 0. The van der Waals surface area contributed by atoms with Crippen LogP contribution in [0, 0.1) is 22.7 Å². The number of aromatic nitrogens is 3. The first kappa shape index (κ1) is 24.0. The number of hydrogen-bond acceptors (Lipinski definition) is 6. The van der Waals surface area contributed by atoms with E-state index in [9.17, 15) is 10.5 Å². The highest BCUT2D eigenvalue weighted by atomic mass is 16.3. The molecule has 6 nitrogen and oxygen atoms in total. The molecule has 0 aliphatic heterocycles. The minimum absolute atomic E-state index is 0.435. The van der Waals surface area contributed by atoms with Crippen LogP contribution in [0.4, 0.5) is 0 Å². The normalized spacial score (nSPS) is 10.9. The molecule has 0 aliphatic rings. The number of nitriles is 2. The maximum Gasteiger partial charge on any atom is 0.164 e. The van der Waals surface area contributed by atoms with E-state index in [0.29, 0.717) is 39.7 Å². The van der Waals surface area contributed by atoms with Gasteiger partial charge in [0.25, 0.3) is 0 Å². The molecule has 0 aliphatic carbocycles. The SMILES string of the molecule is N#Cc1cccc(-c2nc(-c3ccccc3)nc(-c3cc(C#N)cc(-c4ccc5oc6ccccc6c5c4)c3)n2)c1. The largest absolute Gasteiger partial charge is 0.456 e. The minimum atomic E-state index is 0.435. The van der Waals surface area contributed by atoms with Gasteiger partial charge in [-0.2, -0.15) is 10.5 Å². The molecule has 0 saturated heterocycles. The molecule has 5 aromatic carbocycles. The van der Waals surface area contributed by atoms with E-state index < -0.39 is 0 Å². The summed E-state index contributed by atoms with van der Waals surface area (Å²) < 4.78 is 6.01. The molecule has 7 rings (SSSR count). The summed E-state index contributed by atoms with van der Waals surface area (Å²) in [7, 11) is 0. The van der Waals surface area contributed by atoms with Crippen molar-refractivity contribution in [3.05, 3.63) is 126 Å². The van der Waals surface area contributed by atoms with Crippen molar-refractivity contribution >= 4 is 21.9 Å². The zero-order chi connectivity index (χ0) is 27.8. The first-order chi connectivity index (χ1) is 20.2. The molecule has 0 amide bonds. The number of para-hydroxylation sites is 1. The van der Waals surface area contributed by atoms with Crippen LogP contribution in [0.1, 0.15) is 11.1 Å². The number of furan rings is 1. The lowest BCUT2D eigenvalue weighted by Gasteiger charge is -2.10. The van der Waals surface area contributed by atoms with Gasteiger partial charge in [-0.3, -0.25) is 0 Å². The van der Waals surface area contributed by atoms with E-state index in [1.165, 1.54) is 0 Å². The summed E-state index contributed by atoms with van der Waals surface area (Å²) >= 11 is 0. The van der Waals surface area contributed by atoms with E-state index in [1.54, 1.807) is 18.2 Å². The lowest BCUT2D eigenvalue weighted by Crippen LogP contribution is -2.00. The second-order valence-corrected chi connectivity index (χ2v) is 9.58. The van der Waals surface area contributed by atoms with E-state index >= 15 is 0 Å². The van der Waals surface area contributed by atoms with Gasteiger partial charge >= 0.3 is 0 Å². The Morgan fingerprint density at radius 3 is 1.88 bits per heavy atom. The summed E-state index contributed by atoms with van der Waals surface area (Å²) in [6.45, 7) is 0. The molecule has 7 aromatic rings. The van der Waals surface area contributed by atoms with Crippen molar-refractivity contribution in [3.63, 3.8) is 0 Å². The monoisotopic (exact) mass is 525 g/mol. The Morgan fingerprint density at radius 1 is 0.439 bits per heavy atom. The molecule has 0 spiro atoms. The van der Waals surface area contributed by atoms with Crippen LogP contribution in [0.15, 0.2) is 120 Å². The van der Waals surface area contributed by atoms with Crippen LogP contribution in [-0.4, -0.2) is 15.0 Å². The van der Waals surface area contributed by atoms with E-state index in [4.69, 9.17) is 19.4 Å². The van der Waals surface area contributed by atoms with Gasteiger partial charge in [-0.05, 0) is 59.7 Å². The lowest BCUT2D eigenvalue weighted by molar-refractivity contribution is 0.669. The molecule has 2 heterocycles. The number of fused-ring (bicyclic) bond motifs is 3. The standard InChI is InChI=1S/C35H19N5O/c36-20-22-7-6-10-26(15-22)34-38-33(24-8-2-1-3-9-24)39-35(40-34)28-17-23(21-37)16-27(18-28)25-13-14-32-30(19-25)29-11-4-5-12-31(29)41-32/h1-19H. The summed E-state index contributed by atoms with van der Waals surface area (Å²) in [4.78, 5) is 14.4. The van der Waals surface area contributed by atoms with E-state index in [2.05, 4.69) is 18.2 Å². The van der Waals surface area contributed by atoms with Crippen molar-refractivity contribution in [1.29, 1.82) is 10.5 Å². The molecule has 190 valence electrons. The van der Waals surface area contributed by atoms with E-state index in [1.807, 2.05) is 91.0 Å². The summed E-state index contributed by atoms with van der Waals surface area (Å²) in [5, 5.41) is 21.4. The number of nitrogens with zero attached hydrogens (tertiary/aromatic N) is 5. The molecule has 0 N–H and O–H groups in total. The van der Waals surface area contributed by atoms with Crippen molar-refractivity contribution in [2.75, 3.05) is 0 Å². The summed E-state index contributed by atoms with van der Waals surface area (Å²) in [5.74, 6) is 1.38. The van der Waals surface area contributed by atoms with Gasteiger partial charge in [0.15, 0.2) is 17.5 Å². The quantitative estimate of drug-likeness (QED) is 0.230. The Morgan fingerprint density at radius 2 is 1.07 bits per heavy atom. The topological polar surface area (TPSA) is 99.4 Å². The maximum absolute atomic E-state index is 9.93. The second kappa shape index (κ2) is 9.89. The van der Waals surface area contributed by atoms with Crippen LogP contribution in [0.3, 0.4) is 0 Å². The van der Waals surface area contributed by atoms with Gasteiger partial charge in [-0.15, -0.1) is 0 Å². The molecule has 0 unspecified atom stereocenters. The first-order valence-electron chi connectivity index (χ1n) is 13.0. The zero-order valence-corrected chi connectivity index (χ0v) is 21.6. The Bertz CT molecular complexity index is 2190. The smallest absolute Gasteiger partial charge is 0.164 e. The van der Waals surface area contributed by atoms with Gasteiger partial charge in [0.2, 0.25) is 0 Å². The predicted molar refractivity (Wildman–Crippen MR) is 158 cm³/mol. The molecule has 0 bridgehead atoms. The second-order valence-electron chi connectivity index (χ2n) is 9.58. The van der Waals surface area contributed by atoms with Crippen molar-refractivity contribution < 1.29 is 4.42 Å². The molecule has 0 fully saturated rings. The minimum Gasteiger partial charge on any atom is -0.456 e. The van der Waals surface area contributed by atoms with Gasteiger partial charge in [0.1, 0.15) is 11.2 Å². The molecule has 41 heavy (non-hydrogen) atoms. The Kier molecular flexibility index (Phi) is 5.78. The predicted octanol–water partition coefficient (Wildman–Crippen LogP) is 8.18. The van der Waals surface area contributed by atoms with Crippen molar-refractivity contribution in [3.8, 4) is 57.4 Å². The van der Waals surface area contributed by atoms with Crippen LogP contribution in [-0.2, 0) is 0 Å². The van der Waals surface area contributed by atoms with Crippen LogP contribution in [0.5, 0.6) is 0 Å². The Balaban J connectivity index is 1.42. The number of rotatable bonds is 4. The Hall–Kier alpha value is -6.11. The van der Waals surface area contributed by atoms with E-state index in [-0.39, 0.29) is 0 Å². The van der Waals surface area contributed by atoms with Crippen LogP contribution >= 0.6 is 0 Å². The van der Waals surface area contributed by atoms with Gasteiger partial charge in [0, 0.05) is 27.5 Å². The molecule has 0 saturated carbocycles. The van der Waals surface area contributed by atoms with Gasteiger partial charge in [-0.25, -0.2) is 15.0 Å². The van der Waals surface area contributed by atoms with Crippen LogP contribution in [0.25, 0.3) is 67.2 Å². The molecule has 0 radical (unpaired) electrons. The fourth-order valence-electron chi connectivity index (χ4n) is 4.97. The summed E-state index contributed by atoms with van der Waals surface area (Å²) in [5.41, 5.74) is 6.68. The third kappa shape index (κ3) is 4.46. The zero-order valence-electron chi connectivity index (χ0n) is 21.6. The molecular weight excluding hydrogens is 506 g/mol. The third-order valence-corrected chi connectivity index (χ3v) is 6.95. The molecular formula is C35H19N5O. The lowest BCUT2D eigenvalue weighted by atomic mass is 9.98. The Labute approximate surface area is 235 Å². The van der Waals surface area contributed by atoms with Crippen LogP contribution < -0.4 is 0 Å². The van der Waals surface area contributed by atoms with Crippen LogP contribution in [0.2, 0.25) is 0 Å². The fourth-order valence-corrected chi connectivity index (χ4v) is 4.97. The fraction of sp³-hybridized carbons (Fsp3) is 0. The van der Waals surface area contributed by atoms with Crippen molar-refractivity contribution in [2.45, 2.75) is 0 Å². The third-order valence-electron chi connectivity index (χ3n) is 6.95. The summed E-state index contributed by atoms with van der Waals surface area (Å²) in [6, 6.07) is 41.0. The van der Waals surface area contributed by atoms with Gasteiger partial charge in [0.05, 0.1) is 23.3 Å². The number of benzene rings is 5. The summed E-state index contributed by atoms with van der Waals surface area (Å²) in [6.07, 6.45) is 0. The highest BCUT2D eigenvalue weighted by Crippen LogP contribution is 2.34. The molecule has 6 heteroatoms. The van der Waals surface area contributed by atoms with Crippen molar-refractivity contribution in [1.82, 2.24) is 15.0 Å².